The van der Waals surface area contributed by atoms with Crippen LogP contribution >= 0.6 is 0 Å². The second-order valence-corrected chi connectivity index (χ2v) is 9.65. The predicted octanol–water partition coefficient (Wildman–Crippen LogP) is 4.27. The van der Waals surface area contributed by atoms with Gasteiger partial charge in [-0.3, -0.25) is 4.90 Å². The third-order valence-corrected chi connectivity index (χ3v) is 7.86. The number of urea groups is 1. The van der Waals surface area contributed by atoms with Crippen molar-refractivity contribution in [1.29, 1.82) is 0 Å². The number of rotatable bonds is 2. The summed E-state index contributed by atoms with van der Waals surface area (Å²) < 4.78 is 11.3. The van der Waals surface area contributed by atoms with Crippen molar-refractivity contribution in [3.63, 3.8) is 0 Å². The molecule has 168 valence electrons. The molecule has 0 aromatic heterocycles. The highest BCUT2D eigenvalue weighted by Crippen LogP contribution is 2.46. The Hall–Kier alpha value is -2.73. The molecule has 2 aromatic rings. The van der Waals surface area contributed by atoms with Crippen molar-refractivity contribution >= 4 is 6.03 Å². The number of amides is 2. The summed E-state index contributed by atoms with van der Waals surface area (Å²) in [4.78, 5) is 18.1. The van der Waals surface area contributed by atoms with Gasteiger partial charge in [0.05, 0.1) is 6.04 Å². The third-order valence-electron chi connectivity index (χ3n) is 7.86. The van der Waals surface area contributed by atoms with Crippen LogP contribution in [0.4, 0.5) is 4.79 Å². The van der Waals surface area contributed by atoms with Gasteiger partial charge >= 0.3 is 6.03 Å². The fourth-order valence-electron chi connectivity index (χ4n) is 6.18. The Balaban J connectivity index is 1.23. The van der Waals surface area contributed by atoms with Crippen LogP contribution in [0.5, 0.6) is 11.5 Å². The topological polar surface area (TPSA) is 54.0 Å². The molecule has 4 atom stereocenters. The molecule has 32 heavy (non-hydrogen) atoms. The van der Waals surface area contributed by atoms with Gasteiger partial charge in [-0.1, -0.05) is 30.3 Å². The SMILES string of the molecule is C[C@@H](NC(=O)N1CCC[C@@H]2CN3CCc4cc5c(cc4[C@H]3C[C@@H]21)OCO5)c1ccccc1. The quantitative estimate of drug-likeness (QED) is 0.769. The van der Waals surface area contributed by atoms with Crippen LogP contribution in [0.1, 0.15) is 55.0 Å². The minimum atomic E-state index is -0.000640. The average Bonchev–Trinajstić information content (AvgIpc) is 3.29. The Morgan fingerprint density at radius 1 is 1.12 bits per heavy atom. The van der Waals surface area contributed by atoms with Gasteiger partial charge in [0.1, 0.15) is 0 Å². The van der Waals surface area contributed by atoms with E-state index in [9.17, 15) is 4.79 Å². The molecule has 0 spiro atoms. The van der Waals surface area contributed by atoms with Crippen LogP contribution in [0, 0.1) is 5.92 Å². The molecule has 6 rings (SSSR count). The minimum Gasteiger partial charge on any atom is -0.454 e. The van der Waals surface area contributed by atoms with Crippen LogP contribution in [-0.2, 0) is 6.42 Å². The van der Waals surface area contributed by atoms with Crippen molar-refractivity contribution in [3.05, 3.63) is 59.2 Å². The van der Waals surface area contributed by atoms with Gasteiger partial charge in [-0.15, -0.1) is 0 Å². The molecule has 2 aromatic carbocycles. The molecule has 2 fully saturated rings. The number of nitrogens with one attached hydrogen (secondary N) is 1. The smallest absolute Gasteiger partial charge is 0.318 e. The van der Waals surface area contributed by atoms with Gasteiger partial charge in [-0.25, -0.2) is 4.79 Å². The number of carbonyl (C=O) groups is 1. The van der Waals surface area contributed by atoms with Gasteiger partial charge in [0.15, 0.2) is 11.5 Å². The van der Waals surface area contributed by atoms with E-state index in [-0.39, 0.29) is 18.1 Å². The Morgan fingerprint density at radius 2 is 1.94 bits per heavy atom. The second-order valence-electron chi connectivity index (χ2n) is 9.65. The highest BCUT2D eigenvalue weighted by molar-refractivity contribution is 5.75. The van der Waals surface area contributed by atoms with Crippen molar-refractivity contribution < 1.29 is 14.3 Å². The first-order valence-corrected chi connectivity index (χ1v) is 12.0. The lowest BCUT2D eigenvalue weighted by atomic mass is 9.76. The zero-order valence-corrected chi connectivity index (χ0v) is 18.6. The molecule has 4 heterocycles. The van der Waals surface area contributed by atoms with Crippen LogP contribution in [-0.4, -0.2) is 48.3 Å². The van der Waals surface area contributed by atoms with Crippen LogP contribution in [0.15, 0.2) is 42.5 Å². The average molecular weight is 434 g/mol. The summed E-state index contributed by atoms with van der Waals surface area (Å²) in [6, 6.07) is 15.3. The van der Waals surface area contributed by atoms with E-state index in [1.165, 1.54) is 17.5 Å². The molecule has 0 bridgehead atoms. The molecule has 0 unspecified atom stereocenters. The summed E-state index contributed by atoms with van der Waals surface area (Å²) in [6.07, 6.45) is 4.34. The number of nitrogens with zero attached hydrogens (tertiary/aromatic N) is 2. The van der Waals surface area contributed by atoms with Gasteiger partial charge in [-0.05, 0) is 67.3 Å². The van der Waals surface area contributed by atoms with Gasteiger partial charge in [0.2, 0.25) is 6.79 Å². The van der Waals surface area contributed by atoms with E-state index in [0.29, 0.717) is 18.8 Å². The van der Waals surface area contributed by atoms with E-state index < -0.39 is 0 Å². The molecule has 0 aliphatic carbocycles. The molecule has 2 saturated heterocycles. The van der Waals surface area contributed by atoms with Crippen molar-refractivity contribution in [2.24, 2.45) is 5.92 Å². The lowest BCUT2D eigenvalue weighted by Crippen LogP contribution is -2.59. The summed E-state index contributed by atoms with van der Waals surface area (Å²) in [7, 11) is 0. The van der Waals surface area contributed by atoms with Crippen LogP contribution in [0.3, 0.4) is 0 Å². The number of carbonyl (C=O) groups excluding carboxylic acids is 1. The summed E-state index contributed by atoms with van der Waals surface area (Å²) in [6.45, 7) is 5.37. The molecule has 6 heteroatoms. The standard InChI is InChI=1S/C26H31N3O3/c1-17(18-6-3-2-4-7-18)27-26(30)29-10-5-8-20-15-28-11-9-19-12-24-25(32-16-31-24)13-21(19)23(28)14-22(20)29/h2-4,6-7,12-13,17,20,22-23H,5,8-11,14-16H2,1H3,(H,27,30)/t17-,20-,22+,23-/m1/s1. The third kappa shape index (κ3) is 3.41. The highest BCUT2D eigenvalue weighted by atomic mass is 16.7. The molecule has 6 nitrogen and oxygen atoms in total. The largest absolute Gasteiger partial charge is 0.454 e. The van der Waals surface area contributed by atoms with Crippen LogP contribution in [0.25, 0.3) is 0 Å². The number of hydrogen-bond donors (Lipinski definition) is 1. The fraction of sp³-hybridized carbons (Fsp3) is 0.500. The maximum absolute atomic E-state index is 13.4. The Bertz CT molecular complexity index is 1010. The Morgan fingerprint density at radius 3 is 2.78 bits per heavy atom. The molecule has 4 aliphatic rings. The molecule has 1 N–H and O–H groups in total. The predicted molar refractivity (Wildman–Crippen MR) is 122 cm³/mol. The van der Waals surface area contributed by atoms with E-state index in [1.54, 1.807) is 0 Å². The second kappa shape index (κ2) is 8.00. The normalized spacial score (nSPS) is 27.2. The maximum atomic E-state index is 13.4. The first-order valence-electron chi connectivity index (χ1n) is 12.0. The van der Waals surface area contributed by atoms with E-state index >= 15 is 0 Å². The van der Waals surface area contributed by atoms with Crippen molar-refractivity contribution in [2.45, 2.75) is 50.7 Å². The van der Waals surface area contributed by atoms with Gasteiger partial charge in [0, 0.05) is 31.7 Å². The molecular weight excluding hydrogens is 402 g/mol. The van der Waals surface area contributed by atoms with Crippen LogP contribution < -0.4 is 14.8 Å². The number of fused-ring (bicyclic) bond motifs is 5. The maximum Gasteiger partial charge on any atom is 0.318 e. The molecular formula is C26H31N3O3. The molecule has 0 saturated carbocycles. The Kier molecular flexibility index (Phi) is 4.98. The minimum absolute atomic E-state index is 0.000640. The van der Waals surface area contributed by atoms with Crippen molar-refractivity contribution in [1.82, 2.24) is 15.1 Å². The van der Waals surface area contributed by atoms with Crippen LogP contribution in [0.2, 0.25) is 0 Å². The zero-order valence-electron chi connectivity index (χ0n) is 18.6. The number of benzene rings is 2. The Labute approximate surface area is 189 Å². The summed E-state index contributed by atoms with van der Waals surface area (Å²) in [5.74, 6) is 2.29. The number of ether oxygens (including phenoxy) is 2. The summed E-state index contributed by atoms with van der Waals surface area (Å²) in [5.41, 5.74) is 3.88. The number of likely N-dealkylation sites (tertiary alicyclic amines) is 1. The zero-order chi connectivity index (χ0) is 21.7. The van der Waals surface area contributed by atoms with E-state index in [0.717, 1.165) is 56.0 Å². The summed E-state index contributed by atoms with van der Waals surface area (Å²) in [5, 5.41) is 3.26. The van der Waals surface area contributed by atoms with Gasteiger partial charge in [0.25, 0.3) is 0 Å². The number of piperidine rings is 2. The van der Waals surface area contributed by atoms with E-state index in [2.05, 4.69) is 46.3 Å². The molecule has 0 radical (unpaired) electrons. The van der Waals surface area contributed by atoms with Crippen molar-refractivity contribution in [3.8, 4) is 11.5 Å². The lowest BCUT2D eigenvalue weighted by molar-refractivity contribution is 0.00527. The first kappa shape index (κ1) is 19.9. The fourth-order valence-corrected chi connectivity index (χ4v) is 6.18. The lowest BCUT2D eigenvalue weighted by Gasteiger charge is -2.52. The van der Waals surface area contributed by atoms with Crippen molar-refractivity contribution in [2.75, 3.05) is 26.4 Å². The van der Waals surface area contributed by atoms with E-state index in [4.69, 9.17) is 9.47 Å². The van der Waals surface area contributed by atoms with Gasteiger partial charge in [-0.2, -0.15) is 0 Å². The van der Waals surface area contributed by atoms with Gasteiger partial charge < -0.3 is 19.7 Å². The van der Waals surface area contributed by atoms with E-state index in [1.807, 2.05) is 18.2 Å². The molecule has 4 aliphatic heterocycles. The first-order chi connectivity index (χ1) is 15.7. The number of hydrogen-bond acceptors (Lipinski definition) is 4. The highest BCUT2D eigenvalue weighted by Gasteiger charge is 2.44. The summed E-state index contributed by atoms with van der Waals surface area (Å²) >= 11 is 0. The monoisotopic (exact) mass is 433 g/mol. The molecule has 2 amide bonds.